The van der Waals surface area contributed by atoms with Gasteiger partial charge in [0.1, 0.15) is 0 Å². The Kier molecular flexibility index (Phi) is 6.40. The Labute approximate surface area is 159 Å². The molecule has 0 radical (unpaired) electrons. The summed E-state index contributed by atoms with van der Waals surface area (Å²) in [6, 6.07) is 6.50. The van der Waals surface area contributed by atoms with Crippen molar-refractivity contribution in [2.75, 3.05) is 6.61 Å². The van der Waals surface area contributed by atoms with Crippen LogP contribution in [0.1, 0.15) is 16.1 Å². The first-order valence-corrected chi connectivity index (χ1v) is 7.84. The van der Waals surface area contributed by atoms with E-state index < -0.39 is 48.4 Å². The van der Waals surface area contributed by atoms with E-state index in [0.717, 1.165) is 6.07 Å². The Hall–Kier alpha value is -2.53. The SMILES string of the molecule is NNC(=O)c1cc(-c2ccc(Cl)cc2)c(OCC(F)(F)F)nc1CC(F)(F)F. The van der Waals surface area contributed by atoms with E-state index in [1.807, 2.05) is 0 Å². The smallest absolute Gasteiger partial charge is 0.422 e. The fourth-order valence-corrected chi connectivity index (χ4v) is 2.35. The number of hydrogen-bond donors (Lipinski definition) is 2. The summed E-state index contributed by atoms with van der Waals surface area (Å²) in [6.07, 6.45) is -11.2. The van der Waals surface area contributed by atoms with Gasteiger partial charge in [0.25, 0.3) is 5.91 Å². The molecule has 0 aliphatic heterocycles. The number of aromatic nitrogens is 1. The Bertz CT molecular complexity index is 853. The number of ether oxygens (including phenoxy) is 1. The van der Waals surface area contributed by atoms with Crippen LogP contribution in [0.5, 0.6) is 5.88 Å². The maximum atomic E-state index is 12.8. The van der Waals surface area contributed by atoms with Crippen molar-refractivity contribution in [1.82, 2.24) is 10.4 Å². The third-order valence-corrected chi connectivity index (χ3v) is 3.59. The number of carbonyl (C=O) groups is 1. The van der Waals surface area contributed by atoms with E-state index >= 15 is 0 Å². The molecule has 0 bridgehead atoms. The van der Waals surface area contributed by atoms with Crippen LogP contribution in [0, 0.1) is 0 Å². The minimum Gasteiger partial charge on any atom is -0.468 e. The highest BCUT2D eigenvalue weighted by molar-refractivity contribution is 6.30. The molecule has 0 aliphatic rings. The standard InChI is InChI=1S/C16H12ClF6N3O2/c17-9-3-1-8(2-4-9)10-5-11(13(27)26-24)12(6-15(18,19)20)25-14(10)28-7-16(21,22)23/h1-5H,6-7,24H2,(H,26,27). The number of hydrogen-bond acceptors (Lipinski definition) is 4. The van der Waals surface area contributed by atoms with E-state index in [1.54, 1.807) is 5.43 Å². The molecule has 152 valence electrons. The molecule has 1 heterocycles. The van der Waals surface area contributed by atoms with Crippen molar-refractivity contribution in [2.45, 2.75) is 18.8 Å². The number of nitrogen functional groups attached to an aromatic ring is 1. The number of benzene rings is 1. The minimum atomic E-state index is -4.78. The van der Waals surface area contributed by atoms with Gasteiger partial charge in [-0.1, -0.05) is 23.7 Å². The molecule has 0 saturated heterocycles. The van der Waals surface area contributed by atoms with Crippen LogP contribution in [0.3, 0.4) is 0 Å². The summed E-state index contributed by atoms with van der Waals surface area (Å²) in [7, 11) is 0. The van der Waals surface area contributed by atoms with E-state index in [4.69, 9.17) is 17.4 Å². The van der Waals surface area contributed by atoms with Gasteiger partial charge in [-0.05, 0) is 23.8 Å². The second-order valence-corrected chi connectivity index (χ2v) is 5.95. The number of alkyl halides is 6. The molecule has 0 spiro atoms. The van der Waals surface area contributed by atoms with Gasteiger partial charge in [0.15, 0.2) is 6.61 Å². The van der Waals surface area contributed by atoms with Gasteiger partial charge in [-0.25, -0.2) is 10.8 Å². The van der Waals surface area contributed by atoms with E-state index in [2.05, 4.69) is 9.72 Å². The number of nitrogens with zero attached hydrogens (tertiary/aromatic N) is 1. The molecule has 0 saturated carbocycles. The second-order valence-electron chi connectivity index (χ2n) is 5.51. The summed E-state index contributed by atoms with van der Waals surface area (Å²) >= 11 is 5.76. The topological polar surface area (TPSA) is 77.2 Å². The zero-order chi connectivity index (χ0) is 21.1. The fourth-order valence-electron chi connectivity index (χ4n) is 2.23. The molecule has 1 aromatic carbocycles. The van der Waals surface area contributed by atoms with Crippen LogP contribution in [0.2, 0.25) is 5.02 Å². The summed E-state index contributed by atoms with van der Waals surface area (Å²) in [5.41, 5.74) is 0.390. The molecule has 2 rings (SSSR count). The van der Waals surface area contributed by atoms with Gasteiger partial charge in [0, 0.05) is 10.6 Å². The summed E-state index contributed by atoms with van der Waals surface area (Å²) in [5, 5.41) is 0.308. The minimum absolute atomic E-state index is 0.134. The van der Waals surface area contributed by atoms with Crippen molar-refractivity contribution in [3.05, 3.63) is 46.6 Å². The number of carbonyl (C=O) groups excluding carboxylic acids is 1. The number of halogens is 7. The van der Waals surface area contributed by atoms with Crippen LogP contribution in [0.25, 0.3) is 11.1 Å². The Morgan fingerprint density at radius 3 is 2.21 bits per heavy atom. The van der Waals surface area contributed by atoms with Crippen molar-refractivity contribution in [3.63, 3.8) is 0 Å². The summed E-state index contributed by atoms with van der Waals surface area (Å²) < 4.78 is 80.7. The Morgan fingerprint density at radius 1 is 1.11 bits per heavy atom. The van der Waals surface area contributed by atoms with Gasteiger partial charge >= 0.3 is 12.4 Å². The van der Waals surface area contributed by atoms with Gasteiger partial charge < -0.3 is 4.74 Å². The molecule has 12 heteroatoms. The third kappa shape index (κ3) is 5.99. The van der Waals surface area contributed by atoms with E-state index in [1.165, 1.54) is 24.3 Å². The Balaban J connectivity index is 2.64. The number of nitrogens with two attached hydrogens (primary N) is 1. The van der Waals surface area contributed by atoms with Gasteiger partial charge in [-0.2, -0.15) is 26.3 Å². The zero-order valence-corrected chi connectivity index (χ0v) is 14.5. The van der Waals surface area contributed by atoms with E-state index in [0.29, 0.717) is 5.02 Å². The molecule has 0 atom stereocenters. The van der Waals surface area contributed by atoms with Crippen molar-refractivity contribution < 1.29 is 35.9 Å². The number of hydrazine groups is 1. The van der Waals surface area contributed by atoms with Crippen LogP contribution >= 0.6 is 11.6 Å². The maximum Gasteiger partial charge on any atom is 0.422 e. The monoisotopic (exact) mass is 427 g/mol. The van der Waals surface area contributed by atoms with Crippen molar-refractivity contribution in [2.24, 2.45) is 5.84 Å². The number of nitrogens with one attached hydrogen (secondary N) is 1. The molecule has 0 fully saturated rings. The van der Waals surface area contributed by atoms with Crippen molar-refractivity contribution >= 4 is 17.5 Å². The summed E-state index contributed by atoms with van der Waals surface area (Å²) in [6.45, 7) is -1.78. The molecule has 1 aromatic heterocycles. The number of pyridine rings is 1. The van der Waals surface area contributed by atoms with Gasteiger partial charge in [-0.15, -0.1) is 0 Å². The van der Waals surface area contributed by atoms with Crippen molar-refractivity contribution in [1.29, 1.82) is 0 Å². The zero-order valence-electron chi connectivity index (χ0n) is 13.8. The fraction of sp³-hybridized carbons (Fsp3) is 0.250. The molecular formula is C16H12ClF6N3O2. The van der Waals surface area contributed by atoms with Gasteiger partial charge in [0.2, 0.25) is 5.88 Å². The second kappa shape index (κ2) is 8.23. The number of amides is 1. The molecule has 3 N–H and O–H groups in total. The average molecular weight is 428 g/mol. The maximum absolute atomic E-state index is 12.8. The van der Waals surface area contributed by atoms with Crippen LogP contribution in [-0.2, 0) is 6.42 Å². The predicted octanol–water partition coefficient (Wildman–Crippen LogP) is 4.05. The highest BCUT2D eigenvalue weighted by Gasteiger charge is 2.33. The normalized spacial score (nSPS) is 12.0. The Morgan fingerprint density at radius 2 is 1.71 bits per heavy atom. The van der Waals surface area contributed by atoms with Crippen molar-refractivity contribution in [3.8, 4) is 17.0 Å². The lowest BCUT2D eigenvalue weighted by Gasteiger charge is -2.17. The van der Waals surface area contributed by atoms with E-state index in [-0.39, 0.29) is 11.1 Å². The van der Waals surface area contributed by atoms with Crippen LogP contribution < -0.4 is 16.0 Å². The van der Waals surface area contributed by atoms with Crippen LogP contribution in [0.4, 0.5) is 26.3 Å². The summed E-state index contributed by atoms with van der Waals surface area (Å²) in [4.78, 5) is 15.4. The quantitative estimate of drug-likeness (QED) is 0.327. The first-order valence-electron chi connectivity index (χ1n) is 7.47. The molecule has 0 aliphatic carbocycles. The lowest BCUT2D eigenvalue weighted by molar-refractivity contribution is -0.154. The van der Waals surface area contributed by atoms with Crippen LogP contribution in [0.15, 0.2) is 30.3 Å². The highest BCUT2D eigenvalue weighted by Crippen LogP contribution is 2.34. The van der Waals surface area contributed by atoms with Gasteiger partial charge in [0.05, 0.1) is 17.7 Å². The average Bonchev–Trinajstić information content (AvgIpc) is 2.58. The number of rotatable bonds is 5. The predicted molar refractivity (Wildman–Crippen MR) is 87.6 cm³/mol. The lowest BCUT2D eigenvalue weighted by atomic mass is 10.0. The third-order valence-electron chi connectivity index (χ3n) is 3.34. The highest BCUT2D eigenvalue weighted by atomic mass is 35.5. The first-order chi connectivity index (χ1) is 12.9. The largest absolute Gasteiger partial charge is 0.468 e. The lowest BCUT2D eigenvalue weighted by Crippen LogP contribution is -2.32. The molecule has 0 unspecified atom stereocenters. The molecule has 2 aromatic rings. The molecule has 28 heavy (non-hydrogen) atoms. The molecule has 5 nitrogen and oxygen atoms in total. The van der Waals surface area contributed by atoms with Crippen LogP contribution in [-0.4, -0.2) is 29.9 Å². The van der Waals surface area contributed by atoms with Gasteiger partial charge in [-0.3, -0.25) is 10.2 Å². The summed E-state index contributed by atoms with van der Waals surface area (Å²) in [5.74, 6) is 3.18. The molecular weight excluding hydrogens is 416 g/mol. The first kappa shape index (κ1) is 21.8. The van der Waals surface area contributed by atoms with E-state index in [9.17, 15) is 31.1 Å². The molecule has 1 amide bonds.